The van der Waals surface area contributed by atoms with E-state index in [1.807, 2.05) is 0 Å². The molecule has 0 amide bonds. The Morgan fingerprint density at radius 2 is 1.58 bits per heavy atom. The first-order valence-corrected chi connectivity index (χ1v) is 5.99. The van der Waals surface area contributed by atoms with Crippen molar-refractivity contribution in [2.45, 2.75) is 0 Å². The molecule has 0 aliphatic heterocycles. The number of methoxy groups -OCH3 is 2. The van der Waals surface area contributed by atoms with Gasteiger partial charge in [-0.1, -0.05) is 29.3 Å². The van der Waals surface area contributed by atoms with Crippen LogP contribution in [0.25, 0.3) is 0 Å². The molecule has 0 aliphatic rings. The first-order valence-electron chi connectivity index (χ1n) is 5.23. The number of nitrogens with zero attached hydrogens (tertiary/aromatic N) is 2. The predicted octanol–water partition coefficient (Wildman–Crippen LogP) is 3.59. The van der Waals surface area contributed by atoms with Crippen molar-refractivity contribution in [2.75, 3.05) is 14.2 Å². The van der Waals surface area contributed by atoms with Gasteiger partial charge in [-0.15, -0.1) is 10.2 Å². The van der Waals surface area contributed by atoms with Gasteiger partial charge in [0, 0.05) is 6.07 Å². The minimum absolute atomic E-state index is 0.0948. The summed E-state index contributed by atoms with van der Waals surface area (Å²) in [4.78, 5) is 0. The Hall–Kier alpha value is -1.72. The van der Waals surface area contributed by atoms with Crippen molar-refractivity contribution in [2.24, 2.45) is 0 Å². The molecule has 0 N–H and O–H groups in total. The van der Waals surface area contributed by atoms with Crippen molar-refractivity contribution in [3.63, 3.8) is 0 Å². The maximum Gasteiger partial charge on any atom is 0.211 e. The lowest BCUT2D eigenvalue weighted by Crippen LogP contribution is -1.96. The summed E-state index contributed by atoms with van der Waals surface area (Å²) in [5.74, 6) is 1.66. The highest BCUT2D eigenvalue weighted by atomic mass is 35.5. The van der Waals surface area contributed by atoms with Gasteiger partial charge in [0.2, 0.25) is 5.75 Å². The van der Waals surface area contributed by atoms with Crippen molar-refractivity contribution in [1.82, 2.24) is 10.2 Å². The fourth-order valence-corrected chi connectivity index (χ4v) is 1.70. The largest absolute Gasteiger partial charge is 0.493 e. The van der Waals surface area contributed by atoms with Crippen molar-refractivity contribution in [3.8, 4) is 23.0 Å². The van der Waals surface area contributed by atoms with Crippen molar-refractivity contribution < 1.29 is 14.2 Å². The molecular formula is C12H10Cl2N2O3. The molecule has 0 atom stereocenters. The summed E-state index contributed by atoms with van der Waals surface area (Å²) in [6, 6.07) is 6.72. The molecule has 0 bridgehead atoms. The second kappa shape index (κ2) is 5.95. The molecule has 19 heavy (non-hydrogen) atoms. The Balaban J connectivity index is 2.45. The van der Waals surface area contributed by atoms with Crippen molar-refractivity contribution in [3.05, 3.63) is 34.6 Å². The van der Waals surface area contributed by atoms with Gasteiger partial charge < -0.3 is 14.2 Å². The smallest absolute Gasteiger partial charge is 0.211 e. The fourth-order valence-electron chi connectivity index (χ4n) is 1.44. The van der Waals surface area contributed by atoms with Crippen LogP contribution in [0.5, 0.6) is 23.0 Å². The van der Waals surface area contributed by atoms with Gasteiger partial charge in [0.1, 0.15) is 0 Å². The summed E-state index contributed by atoms with van der Waals surface area (Å²) in [5.41, 5.74) is 0. The lowest BCUT2D eigenvalue weighted by atomic mass is 10.3. The van der Waals surface area contributed by atoms with Gasteiger partial charge in [0.15, 0.2) is 27.6 Å². The van der Waals surface area contributed by atoms with Crippen molar-refractivity contribution in [1.29, 1.82) is 0 Å². The second-order valence-corrected chi connectivity index (χ2v) is 4.16. The number of para-hydroxylation sites is 1. The summed E-state index contributed by atoms with van der Waals surface area (Å²) >= 11 is 11.7. The second-order valence-electron chi connectivity index (χ2n) is 3.42. The minimum atomic E-state index is 0.0948. The van der Waals surface area contributed by atoms with Gasteiger partial charge in [0.25, 0.3) is 0 Å². The lowest BCUT2D eigenvalue weighted by Gasteiger charge is -2.14. The third kappa shape index (κ3) is 3.00. The molecule has 5 nitrogen and oxygen atoms in total. The highest BCUT2D eigenvalue weighted by Crippen LogP contribution is 2.41. The Kier molecular flexibility index (Phi) is 4.29. The first-order chi connectivity index (χ1) is 9.15. The van der Waals surface area contributed by atoms with Crippen LogP contribution in [0.2, 0.25) is 10.3 Å². The Labute approximate surface area is 120 Å². The molecule has 0 saturated carbocycles. The van der Waals surface area contributed by atoms with E-state index in [1.165, 1.54) is 20.3 Å². The Morgan fingerprint density at radius 1 is 0.947 bits per heavy atom. The van der Waals surface area contributed by atoms with Crippen LogP contribution in [0.3, 0.4) is 0 Å². The number of hydrogen-bond donors (Lipinski definition) is 0. The molecule has 1 aromatic heterocycles. The zero-order valence-corrected chi connectivity index (χ0v) is 11.7. The number of aromatic nitrogens is 2. The number of halogens is 2. The average Bonchev–Trinajstić information content (AvgIpc) is 2.43. The molecule has 0 fully saturated rings. The van der Waals surface area contributed by atoms with Crippen LogP contribution in [0.15, 0.2) is 24.3 Å². The normalized spacial score (nSPS) is 10.1. The molecule has 7 heteroatoms. The van der Waals surface area contributed by atoms with E-state index in [0.717, 1.165) is 0 Å². The number of benzene rings is 1. The number of rotatable bonds is 4. The molecule has 0 radical (unpaired) electrons. The number of ether oxygens (including phenoxy) is 3. The van der Waals surface area contributed by atoms with Crippen LogP contribution >= 0.6 is 23.2 Å². The van der Waals surface area contributed by atoms with Crippen LogP contribution in [-0.2, 0) is 0 Å². The standard InChI is InChI=1S/C12H10Cl2N2O3/c1-17-7-4-3-5-8(18-2)11(7)19-9-6-10(13)15-16-12(9)14/h3-6H,1-2H3. The van der Waals surface area contributed by atoms with Crippen LogP contribution in [0.4, 0.5) is 0 Å². The molecule has 0 aliphatic carbocycles. The van der Waals surface area contributed by atoms with Gasteiger partial charge in [-0.2, -0.15) is 0 Å². The monoisotopic (exact) mass is 300 g/mol. The Morgan fingerprint density at radius 3 is 2.16 bits per heavy atom. The van der Waals surface area contributed by atoms with Gasteiger partial charge in [-0.05, 0) is 12.1 Å². The van der Waals surface area contributed by atoms with Crippen LogP contribution in [0.1, 0.15) is 0 Å². The topological polar surface area (TPSA) is 53.5 Å². The van der Waals surface area contributed by atoms with Crippen LogP contribution in [0, 0.1) is 0 Å². The third-order valence-electron chi connectivity index (χ3n) is 2.28. The van der Waals surface area contributed by atoms with E-state index in [-0.39, 0.29) is 16.1 Å². The van der Waals surface area contributed by atoms with E-state index in [4.69, 9.17) is 37.4 Å². The minimum Gasteiger partial charge on any atom is -0.493 e. The van der Waals surface area contributed by atoms with E-state index in [1.54, 1.807) is 18.2 Å². The van der Waals surface area contributed by atoms with E-state index in [0.29, 0.717) is 17.2 Å². The fraction of sp³-hybridized carbons (Fsp3) is 0.167. The maximum absolute atomic E-state index is 5.90. The lowest BCUT2D eigenvalue weighted by molar-refractivity contribution is 0.345. The molecule has 1 aromatic carbocycles. The molecule has 2 rings (SSSR count). The van der Waals surface area contributed by atoms with Gasteiger partial charge >= 0.3 is 0 Å². The molecule has 1 heterocycles. The van der Waals surface area contributed by atoms with Gasteiger partial charge in [-0.25, -0.2) is 0 Å². The average molecular weight is 301 g/mol. The van der Waals surface area contributed by atoms with Crippen LogP contribution < -0.4 is 14.2 Å². The summed E-state index contributed by atoms with van der Waals surface area (Å²) < 4.78 is 16.1. The van der Waals surface area contributed by atoms with Crippen molar-refractivity contribution >= 4 is 23.2 Å². The van der Waals surface area contributed by atoms with E-state index < -0.39 is 0 Å². The summed E-state index contributed by atoms with van der Waals surface area (Å²) in [6.07, 6.45) is 0. The molecule has 0 spiro atoms. The first kappa shape index (κ1) is 13.7. The Bertz CT molecular complexity index is 571. The summed E-state index contributed by atoms with van der Waals surface area (Å²) in [6.45, 7) is 0. The summed E-state index contributed by atoms with van der Waals surface area (Å²) in [7, 11) is 3.06. The summed E-state index contributed by atoms with van der Waals surface area (Å²) in [5, 5.41) is 7.54. The van der Waals surface area contributed by atoms with Crippen LogP contribution in [-0.4, -0.2) is 24.4 Å². The van der Waals surface area contributed by atoms with E-state index in [9.17, 15) is 0 Å². The maximum atomic E-state index is 5.90. The van der Waals surface area contributed by atoms with Gasteiger partial charge in [0.05, 0.1) is 14.2 Å². The molecule has 100 valence electrons. The predicted molar refractivity (Wildman–Crippen MR) is 71.7 cm³/mol. The molecule has 2 aromatic rings. The van der Waals surface area contributed by atoms with E-state index >= 15 is 0 Å². The highest BCUT2D eigenvalue weighted by Gasteiger charge is 2.15. The highest BCUT2D eigenvalue weighted by molar-refractivity contribution is 6.32. The quantitative estimate of drug-likeness (QED) is 0.863. The van der Waals surface area contributed by atoms with E-state index in [2.05, 4.69) is 10.2 Å². The zero-order chi connectivity index (χ0) is 13.8. The number of hydrogen-bond acceptors (Lipinski definition) is 5. The van der Waals surface area contributed by atoms with Gasteiger partial charge in [-0.3, -0.25) is 0 Å². The SMILES string of the molecule is COc1cccc(OC)c1Oc1cc(Cl)nnc1Cl. The molecule has 0 saturated heterocycles. The zero-order valence-electron chi connectivity index (χ0n) is 10.2. The molecular weight excluding hydrogens is 291 g/mol. The molecule has 0 unspecified atom stereocenters. The third-order valence-corrected chi connectivity index (χ3v) is 2.73.